The molecule has 1 saturated carbocycles. The van der Waals surface area contributed by atoms with Crippen LogP contribution in [0.5, 0.6) is 0 Å². The predicted molar refractivity (Wildman–Crippen MR) is 139 cm³/mol. The summed E-state index contributed by atoms with van der Waals surface area (Å²) in [5.41, 5.74) is 2.02. The zero-order valence-corrected chi connectivity index (χ0v) is 21.8. The predicted octanol–water partition coefficient (Wildman–Crippen LogP) is 3.54. The minimum Gasteiger partial charge on any atom is -0.362 e. The average Bonchev–Trinajstić information content (AvgIpc) is 2.86. The molecule has 3 aromatic rings. The average molecular weight is 509 g/mol. The Kier molecular flexibility index (Phi) is 7.53. The molecule has 0 atom stereocenters. The molecule has 1 aromatic carbocycles. The SMILES string of the molecule is Cc1ccc(S(=O)(=O)c2ncccc2C(=O)N[C@H]2CC[C@@H](Nc3ncc(C)c(N(C)C)n3)CC2)cc1. The highest BCUT2D eigenvalue weighted by Gasteiger charge is 2.28. The number of amides is 1. The summed E-state index contributed by atoms with van der Waals surface area (Å²) >= 11 is 0. The molecular formula is C26H32N6O3S. The minimum absolute atomic E-state index is 0.0537. The fourth-order valence-electron chi connectivity index (χ4n) is 4.39. The molecule has 0 bridgehead atoms. The number of carbonyl (C=O) groups is 1. The van der Waals surface area contributed by atoms with E-state index in [4.69, 9.17) is 0 Å². The van der Waals surface area contributed by atoms with Crippen LogP contribution in [-0.2, 0) is 9.84 Å². The number of aryl methyl sites for hydroxylation is 2. The molecule has 36 heavy (non-hydrogen) atoms. The normalized spacial score (nSPS) is 17.9. The van der Waals surface area contributed by atoms with E-state index in [1.54, 1.807) is 18.2 Å². The number of pyridine rings is 1. The van der Waals surface area contributed by atoms with Crippen LogP contribution in [0.15, 0.2) is 58.7 Å². The summed E-state index contributed by atoms with van der Waals surface area (Å²) in [7, 11) is -0.0256. The summed E-state index contributed by atoms with van der Waals surface area (Å²) in [5.74, 6) is 1.04. The molecule has 0 saturated heterocycles. The van der Waals surface area contributed by atoms with Gasteiger partial charge in [0.15, 0.2) is 5.03 Å². The first kappa shape index (κ1) is 25.6. The summed E-state index contributed by atoms with van der Waals surface area (Å²) in [6, 6.07) is 9.76. The van der Waals surface area contributed by atoms with Gasteiger partial charge in [-0.2, -0.15) is 4.98 Å². The number of aromatic nitrogens is 3. The topological polar surface area (TPSA) is 117 Å². The molecule has 1 fully saturated rings. The van der Waals surface area contributed by atoms with E-state index >= 15 is 0 Å². The lowest BCUT2D eigenvalue weighted by atomic mass is 9.91. The third-order valence-corrected chi connectivity index (χ3v) is 8.09. The van der Waals surface area contributed by atoms with Gasteiger partial charge in [-0.05, 0) is 63.8 Å². The van der Waals surface area contributed by atoms with Crippen molar-refractivity contribution in [1.82, 2.24) is 20.3 Å². The molecule has 2 N–H and O–H groups in total. The van der Waals surface area contributed by atoms with Gasteiger partial charge in [0.25, 0.3) is 5.91 Å². The smallest absolute Gasteiger partial charge is 0.254 e. The quantitative estimate of drug-likeness (QED) is 0.498. The van der Waals surface area contributed by atoms with Crippen LogP contribution < -0.4 is 15.5 Å². The van der Waals surface area contributed by atoms with Crippen molar-refractivity contribution >= 4 is 27.5 Å². The van der Waals surface area contributed by atoms with E-state index in [0.717, 1.165) is 42.6 Å². The van der Waals surface area contributed by atoms with Gasteiger partial charge in [-0.1, -0.05) is 17.7 Å². The Balaban J connectivity index is 1.40. The first-order valence-corrected chi connectivity index (χ1v) is 13.5. The lowest BCUT2D eigenvalue weighted by molar-refractivity contribution is 0.0922. The second kappa shape index (κ2) is 10.6. The molecule has 10 heteroatoms. The van der Waals surface area contributed by atoms with Crippen LogP contribution in [0.25, 0.3) is 0 Å². The maximum absolute atomic E-state index is 13.2. The van der Waals surface area contributed by atoms with E-state index in [9.17, 15) is 13.2 Å². The number of sulfone groups is 1. The molecular weight excluding hydrogens is 476 g/mol. The number of carbonyl (C=O) groups excluding carboxylic acids is 1. The molecule has 9 nitrogen and oxygen atoms in total. The van der Waals surface area contributed by atoms with Crippen LogP contribution in [0, 0.1) is 13.8 Å². The Bertz CT molecular complexity index is 1330. The van der Waals surface area contributed by atoms with Crippen molar-refractivity contribution < 1.29 is 13.2 Å². The lowest BCUT2D eigenvalue weighted by Gasteiger charge is -2.30. The van der Waals surface area contributed by atoms with Gasteiger partial charge in [0.05, 0.1) is 10.5 Å². The van der Waals surface area contributed by atoms with Gasteiger partial charge in [0.1, 0.15) is 5.82 Å². The lowest BCUT2D eigenvalue weighted by Crippen LogP contribution is -2.40. The second-order valence-electron chi connectivity index (χ2n) is 9.43. The highest BCUT2D eigenvalue weighted by molar-refractivity contribution is 7.91. The summed E-state index contributed by atoms with van der Waals surface area (Å²) in [5, 5.41) is 6.20. The van der Waals surface area contributed by atoms with Gasteiger partial charge in [-0.25, -0.2) is 18.4 Å². The zero-order chi connectivity index (χ0) is 25.9. The van der Waals surface area contributed by atoms with Crippen LogP contribution in [-0.4, -0.2) is 55.5 Å². The minimum atomic E-state index is -3.93. The van der Waals surface area contributed by atoms with Crippen molar-refractivity contribution in [2.24, 2.45) is 0 Å². The maximum Gasteiger partial charge on any atom is 0.254 e. The number of nitrogens with zero attached hydrogens (tertiary/aromatic N) is 4. The van der Waals surface area contributed by atoms with Gasteiger partial charge in [-0.3, -0.25) is 4.79 Å². The van der Waals surface area contributed by atoms with Crippen LogP contribution in [0.1, 0.15) is 47.2 Å². The van der Waals surface area contributed by atoms with Crippen LogP contribution in [0.3, 0.4) is 0 Å². The number of hydrogen-bond donors (Lipinski definition) is 2. The number of hydrogen-bond acceptors (Lipinski definition) is 8. The van der Waals surface area contributed by atoms with Crippen molar-refractivity contribution in [2.45, 2.75) is 61.5 Å². The second-order valence-corrected chi connectivity index (χ2v) is 11.3. The van der Waals surface area contributed by atoms with Gasteiger partial charge in [0.2, 0.25) is 15.8 Å². The van der Waals surface area contributed by atoms with E-state index in [2.05, 4.69) is 25.6 Å². The number of nitrogens with one attached hydrogen (secondary N) is 2. The Morgan fingerprint density at radius 1 is 0.972 bits per heavy atom. The summed E-state index contributed by atoms with van der Waals surface area (Å²) < 4.78 is 26.4. The Hall–Kier alpha value is -3.53. The molecule has 0 aliphatic heterocycles. The molecule has 1 amide bonds. The van der Waals surface area contributed by atoms with E-state index in [-0.39, 0.29) is 27.6 Å². The third kappa shape index (κ3) is 5.64. The molecule has 0 spiro atoms. The maximum atomic E-state index is 13.2. The van der Waals surface area contributed by atoms with Gasteiger partial charge in [0, 0.05) is 44.1 Å². The van der Waals surface area contributed by atoms with Crippen LogP contribution >= 0.6 is 0 Å². The number of rotatable bonds is 7. The third-order valence-electron chi connectivity index (χ3n) is 6.37. The molecule has 2 aromatic heterocycles. The molecule has 2 heterocycles. The van der Waals surface area contributed by atoms with E-state index in [1.165, 1.54) is 24.4 Å². The Morgan fingerprint density at radius 3 is 2.31 bits per heavy atom. The Labute approximate surface area is 212 Å². The number of anilines is 2. The first-order chi connectivity index (χ1) is 17.1. The molecule has 0 radical (unpaired) electrons. The van der Waals surface area contributed by atoms with Crippen molar-refractivity contribution in [3.63, 3.8) is 0 Å². The fraction of sp³-hybridized carbons (Fsp3) is 0.385. The van der Waals surface area contributed by atoms with E-state index in [0.29, 0.717) is 5.95 Å². The van der Waals surface area contributed by atoms with Crippen molar-refractivity contribution in [2.75, 3.05) is 24.3 Å². The summed E-state index contributed by atoms with van der Waals surface area (Å²) in [6.07, 6.45) is 6.39. The summed E-state index contributed by atoms with van der Waals surface area (Å²) in [6.45, 7) is 3.86. The largest absolute Gasteiger partial charge is 0.362 e. The number of benzene rings is 1. The van der Waals surface area contributed by atoms with Gasteiger partial charge >= 0.3 is 0 Å². The standard InChI is InChI=1S/C26H32N6O3S/c1-17-7-13-21(14-8-17)36(34,35)25-22(6-5-15-27-25)24(33)29-19-9-11-20(12-10-19)30-26-28-16-18(2)23(31-26)32(3)4/h5-8,13-16,19-20H,9-12H2,1-4H3,(H,29,33)(H,28,30,31)/t19-,20+. The van der Waals surface area contributed by atoms with Gasteiger partial charge < -0.3 is 15.5 Å². The summed E-state index contributed by atoms with van der Waals surface area (Å²) in [4.78, 5) is 28.3. The monoisotopic (exact) mass is 508 g/mol. The van der Waals surface area contributed by atoms with E-state index < -0.39 is 15.7 Å². The fourth-order valence-corrected chi connectivity index (χ4v) is 5.76. The molecule has 190 valence electrons. The molecule has 1 aliphatic carbocycles. The van der Waals surface area contributed by atoms with Crippen molar-refractivity contribution in [1.29, 1.82) is 0 Å². The highest BCUT2D eigenvalue weighted by Crippen LogP contribution is 2.25. The Morgan fingerprint density at radius 2 is 1.64 bits per heavy atom. The van der Waals surface area contributed by atoms with Gasteiger partial charge in [-0.15, -0.1) is 0 Å². The first-order valence-electron chi connectivity index (χ1n) is 12.0. The zero-order valence-electron chi connectivity index (χ0n) is 21.0. The van der Waals surface area contributed by atoms with Crippen LogP contribution in [0.2, 0.25) is 0 Å². The highest BCUT2D eigenvalue weighted by atomic mass is 32.2. The van der Waals surface area contributed by atoms with E-state index in [1.807, 2.05) is 39.0 Å². The molecule has 1 aliphatic rings. The van der Waals surface area contributed by atoms with Crippen molar-refractivity contribution in [3.05, 3.63) is 65.5 Å². The van der Waals surface area contributed by atoms with Crippen molar-refractivity contribution in [3.8, 4) is 0 Å². The molecule has 4 rings (SSSR count). The molecule has 0 unspecified atom stereocenters. The van der Waals surface area contributed by atoms with Crippen LogP contribution in [0.4, 0.5) is 11.8 Å².